The number of halogens is 3. The van der Waals surface area contributed by atoms with Crippen molar-refractivity contribution >= 4 is 23.2 Å². The summed E-state index contributed by atoms with van der Waals surface area (Å²) < 4.78 is 37.8. The number of nitrogens with one attached hydrogen (secondary N) is 3. The average molecular weight is 362 g/mol. The third-order valence-corrected chi connectivity index (χ3v) is 3.04. The first-order chi connectivity index (χ1) is 11.5. The molecule has 0 radical (unpaired) electrons. The van der Waals surface area contributed by atoms with Crippen molar-refractivity contribution < 1.29 is 27.7 Å². The van der Waals surface area contributed by atoms with Crippen LogP contribution in [-0.4, -0.2) is 23.3 Å². The maximum absolute atomic E-state index is 12.6. The van der Waals surface area contributed by atoms with Crippen molar-refractivity contribution in [3.63, 3.8) is 0 Å². The van der Waals surface area contributed by atoms with Crippen molar-refractivity contribution in [1.82, 2.24) is 10.9 Å². The van der Waals surface area contributed by atoms with E-state index in [9.17, 15) is 32.9 Å². The number of nitrogens with zero attached hydrogens (tertiary/aromatic N) is 1. The quantitative estimate of drug-likeness (QED) is 0.530. The van der Waals surface area contributed by atoms with Gasteiger partial charge in [0.1, 0.15) is 5.69 Å². The molecule has 0 aromatic heterocycles. The predicted octanol–water partition coefficient (Wildman–Crippen LogP) is 2.22. The maximum atomic E-state index is 12.6. The number of nitro benzene ring substituents is 1. The van der Waals surface area contributed by atoms with Crippen LogP contribution in [0.25, 0.3) is 0 Å². The second kappa shape index (κ2) is 8.31. The molecule has 0 bridgehead atoms. The van der Waals surface area contributed by atoms with Gasteiger partial charge in [-0.2, -0.15) is 13.2 Å². The van der Waals surface area contributed by atoms with Crippen LogP contribution < -0.4 is 16.2 Å². The van der Waals surface area contributed by atoms with Gasteiger partial charge in [0.15, 0.2) is 0 Å². The monoisotopic (exact) mass is 362 g/mol. The van der Waals surface area contributed by atoms with Gasteiger partial charge < -0.3 is 5.32 Å². The highest BCUT2D eigenvalue weighted by molar-refractivity contribution is 5.83. The Balaban J connectivity index is 2.64. The number of alkyl halides is 3. The van der Waals surface area contributed by atoms with E-state index in [2.05, 4.69) is 16.2 Å². The first-order valence-corrected chi connectivity index (χ1v) is 7.20. The van der Waals surface area contributed by atoms with Gasteiger partial charge in [0, 0.05) is 24.9 Å². The van der Waals surface area contributed by atoms with Crippen LogP contribution in [-0.2, 0) is 15.8 Å². The van der Waals surface area contributed by atoms with Gasteiger partial charge in [0.25, 0.3) is 5.69 Å². The highest BCUT2D eigenvalue weighted by atomic mass is 19.4. The van der Waals surface area contributed by atoms with E-state index in [1.807, 2.05) is 0 Å². The van der Waals surface area contributed by atoms with E-state index < -0.39 is 28.3 Å². The number of hydrogen-bond donors (Lipinski definition) is 3. The van der Waals surface area contributed by atoms with E-state index in [-0.39, 0.29) is 30.5 Å². The van der Waals surface area contributed by atoms with E-state index in [1.165, 1.54) is 0 Å². The molecule has 0 unspecified atom stereocenters. The number of hydrazine groups is 1. The van der Waals surface area contributed by atoms with E-state index >= 15 is 0 Å². The normalized spacial score (nSPS) is 11.1. The predicted molar refractivity (Wildman–Crippen MR) is 82.3 cm³/mol. The highest BCUT2D eigenvalue weighted by Crippen LogP contribution is 2.34. The molecule has 0 atom stereocenters. The van der Waals surface area contributed by atoms with E-state index in [0.717, 1.165) is 6.07 Å². The van der Waals surface area contributed by atoms with Gasteiger partial charge in [-0.3, -0.25) is 30.6 Å². The minimum Gasteiger partial charge on any atom is -0.379 e. The fourth-order valence-corrected chi connectivity index (χ4v) is 1.66. The molecule has 0 spiro atoms. The summed E-state index contributed by atoms with van der Waals surface area (Å²) in [6.07, 6.45) is -4.85. The molecule has 0 aliphatic heterocycles. The minimum absolute atomic E-state index is 0.0738. The Labute approximate surface area is 140 Å². The molecule has 8 nitrogen and oxygen atoms in total. The molecule has 0 aliphatic carbocycles. The lowest BCUT2D eigenvalue weighted by Gasteiger charge is -2.11. The van der Waals surface area contributed by atoms with Gasteiger partial charge in [0.05, 0.1) is 10.5 Å². The molecular formula is C14H17F3N4O4. The maximum Gasteiger partial charge on any atom is 0.416 e. The lowest BCUT2D eigenvalue weighted by atomic mass is 10.1. The molecule has 0 saturated carbocycles. The van der Waals surface area contributed by atoms with Crippen LogP contribution in [0.1, 0.15) is 25.8 Å². The van der Waals surface area contributed by atoms with Gasteiger partial charge in [-0.1, -0.05) is 13.8 Å². The van der Waals surface area contributed by atoms with Gasteiger partial charge in [-0.25, -0.2) is 0 Å². The van der Waals surface area contributed by atoms with E-state index in [4.69, 9.17) is 0 Å². The Bertz CT molecular complexity index is 662. The first kappa shape index (κ1) is 20.2. The standard InChI is InChI=1S/C14H17F3N4O4/c1-8(2)13(23)20-19-12(22)5-6-18-10-4-3-9(14(15,16)17)7-11(10)21(24)25/h3-4,7-8,18H,5-6H2,1-2H3,(H,19,22)(H,20,23). The zero-order valence-corrected chi connectivity index (χ0v) is 13.4. The van der Waals surface area contributed by atoms with Crippen molar-refractivity contribution in [2.24, 2.45) is 5.92 Å². The molecule has 0 fully saturated rings. The van der Waals surface area contributed by atoms with Crippen LogP contribution in [0.5, 0.6) is 0 Å². The smallest absolute Gasteiger partial charge is 0.379 e. The minimum atomic E-state index is -4.70. The topological polar surface area (TPSA) is 113 Å². The molecular weight excluding hydrogens is 345 g/mol. The van der Waals surface area contributed by atoms with Crippen molar-refractivity contribution in [2.45, 2.75) is 26.4 Å². The third kappa shape index (κ3) is 6.28. The second-order valence-electron chi connectivity index (χ2n) is 5.36. The fraction of sp³-hybridized carbons (Fsp3) is 0.429. The summed E-state index contributed by atoms with van der Waals surface area (Å²) in [7, 11) is 0. The van der Waals surface area contributed by atoms with Crippen molar-refractivity contribution in [3.8, 4) is 0 Å². The molecule has 0 aliphatic rings. The van der Waals surface area contributed by atoms with Gasteiger partial charge in [0.2, 0.25) is 11.8 Å². The van der Waals surface area contributed by atoms with Crippen molar-refractivity contribution in [1.29, 1.82) is 0 Å². The van der Waals surface area contributed by atoms with Crippen LogP contribution in [0.15, 0.2) is 18.2 Å². The Kier molecular flexibility index (Phi) is 6.71. The summed E-state index contributed by atoms with van der Waals surface area (Å²) in [5.41, 5.74) is 2.31. The second-order valence-corrected chi connectivity index (χ2v) is 5.36. The molecule has 0 heterocycles. The Hall–Kier alpha value is -2.85. The summed E-state index contributed by atoms with van der Waals surface area (Å²) in [6, 6.07) is 2.06. The van der Waals surface area contributed by atoms with Crippen LogP contribution in [0, 0.1) is 16.0 Å². The number of carbonyl (C=O) groups is 2. The van der Waals surface area contributed by atoms with Crippen molar-refractivity contribution in [2.75, 3.05) is 11.9 Å². The molecule has 11 heteroatoms. The van der Waals surface area contributed by atoms with Crippen LogP contribution in [0.4, 0.5) is 24.5 Å². The summed E-state index contributed by atoms with van der Waals surface area (Å²) >= 11 is 0. The molecule has 2 amide bonds. The first-order valence-electron chi connectivity index (χ1n) is 7.20. The SMILES string of the molecule is CC(C)C(=O)NNC(=O)CCNc1ccc(C(F)(F)F)cc1[N+](=O)[O-]. The zero-order chi connectivity index (χ0) is 19.2. The molecule has 25 heavy (non-hydrogen) atoms. The van der Waals surface area contributed by atoms with E-state index in [1.54, 1.807) is 13.8 Å². The van der Waals surface area contributed by atoms with Crippen LogP contribution >= 0.6 is 0 Å². The summed E-state index contributed by atoms with van der Waals surface area (Å²) in [5.74, 6) is -1.27. The van der Waals surface area contributed by atoms with E-state index in [0.29, 0.717) is 12.1 Å². The highest BCUT2D eigenvalue weighted by Gasteiger charge is 2.33. The Morgan fingerprint density at radius 3 is 2.40 bits per heavy atom. The number of carbonyl (C=O) groups excluding carboxylic acids is 2. The summed E-state index contributed by atoms with van der Waals surface area (Å²) in [4.78, 5) is 32.7. The van der Waals surface area contributed by atoms with Gasteiger partial charge in [-0.05, 0) is 12.1 Å². The number of amides is 2. The van der Waals surface area contributed by atoms with Crippen LogP contribution in [0.3, 0.4) is 0 Å². The molecule has 3 N–H and O–H groups in total. The number of nitro groups is 1. The molecule has 0 saturated heterocycles. The Morgan fingerprint density at radius 2 is 1.88 bits per heavy atom. The third-order valence-electron chi connectivity index (χ3n) is 3.04. The molecule has 1 aromatic carbocycles. The van der Waals surface area contributed by atoms with Gasteiger partial charge in [-0.15, -0.1) is 0 Å². The van der Waals surface area contributed by atoms with Gasteiger partial charge >= 0.3 is 6.18 Å². The van der Waals surface area contributed by atoms with Crippen molar-refractivity contribution in [3.05, 3.63) is 33.9 Å². The average Bonchev–Trinajstić information content (AvgIpc) is 2.51. The Morgan fingerprint density at radius 1 is 1.24 bits per heavy atom. The lowest BCUT2D eigenvalue weighted by Crippen LogP contribution is -2.43. The number of anilines is 1. The summed E-state index contributed by atoms with van der Waals surface area (Å²) in [5, 5.41) is 13.4. The largest absolute Gasteiger partial charge is 0.416 e. The molecule has 1 aromatic rings. The molecule has 138 valence electrons. The summed E-state index contributed by atoms with van der Waals surface area (Å²) in [6.45, 7) is 3.19. The zero-order valence-electron chi connectivity index (χ0n) is 13.4. The molecule has 1 rings (SSSR count). The number of hydrogen-bond acceptors (Lipinski definition) is 5. The number of benzene rings is 1. The van der Waals surface area contributed by atoms with Crippen LogP contribution in [0.2, 0.25) is 0 Å². The number of rotatable bonds is 6. The lowest BCUT2D eigenvalue weighted by molar-refractivity contribution is -0.384. The fourth-order valence-electron chi connectivity index (χ4n) is 1.66.